The zero-order chi connectivity index (χ0) is 12.9. The lowest BCUT2D eigenvalue weighted by molar-refractivity contribution is 0.728. The third-order valence-electron chi connectivity index (χ3n) is 3.74. The van der Waals surface area contributed by atoms with E-state index in [4.69, 9.17) is 0 Å². The number of nitrogens with one attached hydrogen (secondary N) is 1. The van der Waals surface area contributed by atoms with Gasteiger partial charge in [-0.2, -0.15) is 0 Å². The van der Waals surface area contributed by atoms with E-state index in [1.54, 1.807) is 0 Å². The molecule has 0 radical (unpaired) electrons. The molecule has 1 aliphatic rings. The van der Waals surface area contributed by atoms with Crippen molar-refractivity contribution < 1.29 is 0 Å². The number of fused-ring (bicyclic) bond motifs is 1. The Morgan fingerprint density at radius 3 is 2.84 bits per heavy atom. The van der Waals surface area contributed by atoms with E-state index in [-0.39, 0.29) is 0 Å². The van der Waals surface area contributed by atoms with Gasteiger partial charge in [0.1, 0.15) is 0 Å². The summed E-state index contributed by atoms with van der Waals surface area (Å²) in [5, 5.41) is 6.17. The summed E-state index contributed by atoms with van der Waals surface area (Å²) in [6.07, 6.45) is 4.91. The SMILES string of the molecule is c1ccc2c(CNC3=NCCCCC3)cccc2c1. The first-order chi connectivity index (χ1) is 9.43. The molecule has 2 aromatic rings. The predicted octanol–water partition coefficient (Wildman–Crippen LogP) is 3.90. The van der Waals surface area contributed by atoms with Crippen LogP contribution in [0.1, 0.15) is 31.2 Å². The van der Waals surface area contributed by atoms with Crippen LogP contribution < -0.4 is 5.32 Å². The Balaban J connectivity index is 1.76. The van der Waals surface area contributed by atoms with Crippen LogP contribution in [0.15, 0.2) is 47.5 Å². The van der Waals surface area contributed by atoms with Gasteiger partial charge in [0.05, 0.1) is 5.84 Å². The Kier molecular flexibility index (Phi) is 3.78. The van der Waals surface area contributed by atoms with Crippen molar-refractivity contribution in [3.8, 4) is 0 Å². The molecule has 2 heteroatoms. The molecule has 0 bridgehead atoms. The lowest BCUT2D eigenvalue weighted by Crippen LogP contribution is -2.22. The van der Waals surface area contributed by atoms with E-state index >= 15 is 0 Å². The average molecular weight is 252 g/mol. The molecule has 1 aliphatic heterocycles. The Morgan fingerprint density at radius 2 is 1.84 bits per heavy atom. The molecule has 19 heavy (non-hydrogen) atoms. The molecule has 0 unspecified atom stereocenters. The van der Waals surface area contributed by atoms with Gasteiger partial charge in [-0.15, -0.1) is 0 Å². The van der Waals surface area contributed by atoms with E-state index in [2.05, 4.69) is 52.8 Å². The van der Waals surface area contributed by atoms with Crippen LogP contribution in [0.3, 0.4) is 0 Å². The summed E-state index contributed by atoms with van der Waals surface area (Å²) in [7, 11) is 0. The highest BCUT2D eigenvalue weighted by Crippen LogP contribution is 2.18. The van der Waals surface area contributed by atoms with E-state index in [0.717, 1.165) is 19.5 Å². The number of nitrogens with zero attached hydrogens (tertiary/aromatic N) is 1. The molecule has 0 saturated carbocycles. The highest BCUT2D eigenvalue weighted by Gasteiger charge is 2.05. The summed E-state index contributed by atoms with van der Waals surface area (Å²) in [5.41, 5.74) is 1.35. The number of amidine groups is 1. The first-order valence-corrected chi connectivity index (χ1v) is 7.17. The maximum atomic E-state index is 4.62. The molecule has 0 aliphatic carbocycles. The van der Waals surface area contributed by atoms with Gasteiger partial charge in [-0.25, -0.2) is 0 Å². The summed E-state index contributed by atoms with van der Waals surface area (Å²) >= 11 is 0. The molecule has 0 amide bonds. The van der Waals surface area contributed by atoms with Crippen molar-refractivity contribution in [1.29, 1.82) is 0 Å². The second-order valence-electron chi connectivity index (χ2n) is 5.13. The number of hydrogen-bond acceptors (Lipinski definition) is 2. The Hall–Kier alpha value is -1.83. The number of hydrogen-bond donors (Lipinski definition) is 1. The monoisotopic (exact) mass is 252 g/mol. The molecule has 0 atom stereocenters. The number of benzene rings is 2. The Morgan fingerprint density at radius 1 is 0.947 bits per heavy atom. The number of aliphatic imine (C=N–C) groups is 1. The third-order valence-corrected chi connectivity index (χ3v) is 3.74. The van der Waals surface area contributed by atoms with Gasteiger partial charge >= 0.3 is 0 Å². The second kappa shape index (κ2) is 5.87. The molecular formula is C17H20N2. The van der Waals surface area contributed by atoms with Crippen molar-refractivity contribution in [2.45, 2.75) is 32.2 Å². The number of rotatable bonds is 2. The van der Waals surface area contributed by atoms with Gasteiger partial charge in [0, 0.05) is 19.5 Å². The van der Waals surface area contributed by atoms with Crippen LogP contribution in [0.5, 0.6) is 0 Å². The van der Waals surface area contributed by atoms with Gasteiger partial charge in [-0.05, 0) is 29.2 Å². The molecule has 0 saturated heterocycles. The van der Waals surface area contributed by atoms with Crippen LogP contribution in [0.4, 0.5) is 0 Å². The molecule has 2 aromatic carbocycles. The quantitative estimate of drug-likeness (QED) is 0.861. The average Bonchev–Trinajstić information content (AvgIpc) is 2.74. The van der Waals surface area contributed by atoms with Crippen molar-refractivity contribution in [3.63, 3.8) is 0 Å². The van der Waals surface area contributed by atoms with Crippen molar-refractivity contribution in [2.24, 2.45) is 4.99 Å². The van der Waals surface area contributed by atoms with Gasteiger partial charge in [-0.3, -0.25) is 4.99 Å². The van der Waals surface area contributed by atoms with Crippen LogP contribution in [0, 0.1) is 0 Å². The fraction of sp³-hybridized carbons (Fsp3) is 0.353. The topological polar surface area (TPSA) is 24.4 Å². The molecule has 1 N–H and O–H groups in total. The van der Waals surface area contributed by atoms with Gasteiger partial charge in [-0.1, -0.05) is 48.9 Å². The van der Waals surface area contributed by atoms with Crippen LogP contribution in [-0.2, 0) is 6.54 Å². The van der Waals surface area contributed by atoms with Gasteiger partial charge in [0.25, 0.3) is 0 Å². The van der Waals surface area contributed by atoms with E-state index in [1.807, 2.05) is 0 Å². The van der Waals surface area contributed by atoms with E-state index < -0.39 is 0 Å². The first-order valence-electron chi connectivity index (χ1n) is 7.17. The largest absolute Gasteiger partial charge is 0.370 e. The van der Waals surface area contributed by atoms with Crippen molar-refractivity contribution in [1.82, 2.24) is 5.32 Å². The summed E-state index contributed by atoms with van der Waals surface area (Å²) in [4.78, 5) is 4.62. The molecular weight excluding hydrogens is 232 g/mol. The Labute approximate surface area is 114 Å². The van der Waals surface area contributed by atoms with Crippen molar-refractivity contribution in [3.05, 3.63) is 48.0 Å². The minimum atomic E-state index is 0.875. The van der Waals surface area contributed by atoms with Gasteiger partial charge in [0.2, 0.25) is 0 Å². The zero-order valence-electron chi connectivity index (χ0n) is 11.2. The molecule has 1 heterocycles. The van der Waals surface area contributed by atoms with Crippen LogP contribution in [0.2, 0.25) is 0 Å². The van der Waals surface area contributed by atoms with Crippen LogP contribution in [0.25, 0.3) is 10.8 Å². The molecule has 0 spiro atoms. The third kappa shape index (κ3) is 2.95. The summed E-state index contributed by atoms with van der Waals surface area (Å²) in [6.45, 7) is 1.86. The van der Waals surface area contributed by atoms with Crippen LogP contribution >= 0.6 is 0 Å². The van der Waals surface area contributed by atoms with Crippen LogP contribution in [-0.4, -0.2) is 12.4 Å². The first kappa shape index (κ1) is 12.2. The summed E-state index contributed by atoms with van der Waals surface area (Å²) in [5.74, 6) is 1.19. The van der Waals surface area contributed by atoms with Gasteiger partial charge < -0.3 is 5.32 Å². The second-order valence-corrected chi connectivity index (χ2v) is 5.13. The molecule has 2 nitrogen and oxygen atoms in total. The standard InChI is InChI=1S/C17H20N2/c1-2-11-17(18-12-5-1)19-13-15-9-6-8-14-7-3-4-10-16(14)15/h3-4,6-10H,1-2,5,11-13H2,(H,18,19). The molecule has 0 aromatic heterocycles. The fourth-order valence-corrected chi connectivity index (χ4v) is 2.66. The Bertz CT molecular complexity index is 581. The van der Waals surface area contributed by atoms with Crippen molar-refractivity contribution in [2.75, 3.05) is 6.54 Å². The smallest absolute Gasteiger partial charge is 0.0965 e. The maximum absolute atomic E-state index is 4.62. The minimum absolute atomic E-state index is 0.875. The lowest BCUT2D eigenvalue weighted by atomic mass is 10.0. The highest BCUT2D eigenvalue weighted by atomic mass is 15.0. The van der Waals surface area contributed by atoms with E-state index in [9.17, 15) is 0 Å². The van der Waals surface area contributed by atoms with Crippen molar-refractivity contribution >= 4 is 16.6 Å². The highest BCUT2D eigenvalue weighted by molar-refractivity contribution is 5.87. The minimum Gasteiger partial charge on any atom is -0.370 e. The van der Waals surface area contributed by atoms with E-state index in [0.29, 0.717) is 0 Å². The molecule has 98 valence electrons. The zero-order valence-corrected chi connectivity index (χ0v) is 11.2. The fourth-order valence-electron chi connectivity index (χ4n) is 2.66. The van der Waals surface area contributed by atoms with Gasteiger partial charge in [0.15, 0.2) is 0 Å². The predicted molar refractivity (Wildman–Crippen MR) is 81.6 cm³/mol. The summed E-state index contributed by atoms with van der Waals surface area (Å²) < 4.78 is 0. The maximum Gasteiger partial charge on any atom is 0.0965 e. The lowest BCUT2D eigenvalue weighted by Gasteiger charge is -2.10. The molecule has 3 rings (SSSR count). The molecule has 0 fully saturated rings. The van der Waals surface area contributed by atoms with E-state index in [1.165, 1.54) is 41.4 Å². The summed E-state index contributed by atoms with van der Waals surface area (Å²) in [6, 6.07) is 15.1. The normalized spacial score (nSPS) is 15.9.